The Morgan fingerprint density at radius 2 is 1.60 bits per heavy atom. The average Bonchev–Trinajstić information content (AvgIpc) is 3.90. The number of carbonyl (C=O) groups is 3. The van der Waals surface area contributed by atoms with Gasteiger partial charge in [0.25, 0.3) is 5.91 Å². The highest BCUT2D eigenvalue weighted by Gasteiger charge is 2.49. The Morgan fingerprint density at radius 3 is 2.27 bits per heavy atom. The molecule has 2 N–H and O–H groups in total. The second kappa shape index (κ2) is 13.9. The molecule has 2 aliphatic heterocycles. The van der Waals surface area contributed by atoms with Crippen molar-refractivity contribution in [3.63, 3.8) is 0 Å². The number of ether oxygens (including phenoxy) is 1. The number of carboxylic acid groups (broad SMARTS) is 2. The predicted molar refractivity (Wildman–Crippen MR) is 185 cm³/mol. The van der Waals surface area contributed by atoms with Crippen molar-refractivity contribution in [1.82, 2.24) is 14.7 Å². The largest absolute Gasteiger partial charge is 0.493 e. The third-order valence-electron chi connectivity index (χ3n) is 10.0. The molecular formula is C38H42ClN3O6. The summed E-state index contributed by atoms with van der Waals surface area (Å²) in [6.07, 6.45) is 0.957. The van der Waals surface area contributed by atoms with Gasteiger partial charge in [-0.3, -0.25) is 9.69 Å². The lowest BCUT2D eigenvalue weighted by Crippen LogP contribution is -2.65. The summed E-state index contributed by atoms with van der Waals surface area (Å²) in [5.41, 5.74) is 7.44. The van der Waals surface area contributed by atoms with Crippen molar-refractivity contribution in [1.29, 1.82) is 0 Å². The number of halogens is 1. The number of fused-ring (bicyclic) bond motifs is 2. The molecule has 3 amide bonds. The molecule has 0 radical (unpaired) electrons. The maximum Gasteiger partial charge on any atom is 0.408 e. The highest BCUT2D eigenvalue weighted by Crippen LogP contribution is 2.41. The van der Waals surface area contributed by atoms with Gasteiger partial charge in [-0.15, -0.1) is 0 Å². The van der Waals surface area contributed by atoms with Gasteiger partial charge in [0.15, 0.2) is 0 Å². The standard InChI is InChI=1S/C38H42ClN3O6/c1-23-8-9-24(2)35(25(23)3)48-19-17-26-10-12-27(13-11-26)31-20-30-21-40(37(44)45)22-33(42(30)38(46)47)34(31)36(43)41(29-14-15-29)18-16-28-6-4-5-7-32(28)39/h4-13,29-30,33H,14-22H2,1-3H3,(H,44,45)(H,46,47)/t30-,33-/m1/s1. The van der Waals surface area contributed by atoms with E-state index in [9.17, 15) is 24.6 Å². The van der Waals surface area contributed by atoms with E-state index in [1.54, 1.807) is 0 Å². The molecule has 10 heteroatoms. The maximum atomic E-state index is 14.7. The summed E-state index contributed by atoms with van der Waals surface area (Å²) in [5, 5.41) is 20.9. The lowest BCUT2D eigenvalue weighted by Gasteiger charge is -2.49. The zero-order valence-corrected chi connectivity index (χ0v) is 28.4. The summed E-state index contributed by atoms with van der Waals surface area (Å²) in [4.78, 5) is 43.8. The summed E-state index contributed by atoms with van der Waals surface area (Å²) in [6, 6.07) is 18.3. The van der Waals surface area contributed by atoms with E-state index in [0.29, 0.717) is 36.6 Å². The monoisotopic (exact) mass is 671 g/mol. The molecule has 3 aliphatic rings. The van der Waals surface area contributed by atoms with Gasteiger partial charge in [0.05, 0.1) is 18.7 Å². The summed E-state index contributed by atoms with van der Waals surface area (Å²) >= 11 is 6.45. The minimum absolute atomic E-state index is 0.0481. The molecule has 48 heavy (non-hydrogen) atoms. The number of hydrogen-bond donors (Lipinski definition) is 2. The Bertz CT molecular complexity index is 1750. The minimum atomic E-state index is -1.15. The third kappa shape index (κ3) is 6.88. The fourth-order valence-corrected chi connectivity index (χ4v) is 7.35. The van der Waals surface area contributed by atoms with Crippen LogP contribution in [0, 0.1) is 20.8 Å². The van der Waals surface area contributed by atoms with Crippen LogP contribution in [0.3, 0.4) is 0 Å². The van der Waals surface area contributed by atoms with Crippen molar-refractivity contribution in [2.24, 2.45) is 0 Å². The second-order valence-electron chi connectivity index (χ2n) is 13.2. The SMILES string of the molecule is Cc1ccc(C)c(OCCc2ccc(C3=C(C(=O)N(CCc4ccccc4Cl)C4CC4)[C@H]4CN(C(=O)O)C[C@@H](C3)N4C(=O)O)cc2)c1C. The predicted octanol–water partition coefficient (Wildman–Crippen LogP) is 6.99. The van der Waals surface area contributed by atoms with E-state index in [1.807, 2.05) is 60.4 Å². The van der Waals surface area contributed by atoms with Gasteiger partial charge in [0.2, 0.25) is 0 Å². The zero-order chi connectivity index (χ0) is 34.1. The van der Waals surface area contributed by atoms with E-state index in [1.165, 1.54) is 15.4 Å². The van der Waals surface area contributed by atoms with Crippen LogP contribution in [0.15, 0.2) is 66.2 Å². The molecule has 6 rings (SSSR count). The number of benzene rings is 3. The first-order valence-electron chi connectivity index (χ1n) is 16.6. The third-order valence-corrected chi connectivity index (χ3v) is 10.4. The summed E-state index contributed by atoms with van der Waals surface area (Å²) in [7, 11) is 0. The van der Waals surface area contributed by atoms with Gasteiger partial charge in [0.1, 0.15) is 5.75 Å². The molecule has 2 atom stereocenters. The van der Waals surface area contributed by atoms with Crippen LogP contribution >= 0.6 is 11.6 Å². The van der Waals surface area contributed by atoms with Gasteiger partial charge in [-0.1, -0.05) is 66.2 Å². The van der Waals surface area contributed by atoms with Crippen LogP contribution in [0.1, 0.15) is 52.6 Å². The molecule has 0 spiro atoms. The Morgan fingerprint density at radius 1 is 0.896 bits per heavy atom. The van der Waals surface area contributed by atoms with E-state index in [4.69, 9.17) is 16.3 Å². The lowest BCUT2D eigenvalue weighted by molar-refractivity contribution is -0.128. The Balaban J connectivity index is 1.31. The van der Waals surface area contributed by atoms with E-state index < -0.39 is 24.3 Å². The molecule has 0 unspecified atom stereocenters. The van der Waals surface area contributed by atoms with E-state index >= 15 is 0 Å². The zero-order valence-electron chi connectivity index (χ0n) is 27.6. The molecule has 2 fully saturated rings. The Kier molecular flexibility index (Phi) is 9.69. The molecule has 2 bridgehead atoms. The van der Waals surface area contributed by atoms with Crippen molar-refractivity contribution in [2.75, 3.05) is 26.2 Å². The van der Waals surface area contributed by atoms with Crippen molar-refractivity contribution in [3.05, 3.63) is 105 Å². The second-order valence-corrected chi connectivity index (χ2v) is 13.6. The Labute approximate surface area is 286 Å². The van der Waals surface area contributed by atoms with Gasteiger partial charge >= 0.3 is 12.2 Å². The number of rotatable bonds is 10. The van der Waals surface area contributed by atoms with E-state index in [-0.39, 0.29) is 31.5 Å². The first-order valence-corrected chi connectivity index (χ1v) is 17.0. The van der Waals surface area contributed by atoms with Crippen LogP contribution in [0.25, 0.3) is 5.57 Å². The first-order chi connectivity index (χ1) is 23.0. The van der Waals surface area contributed by atoms with Crippen LogP contribution in [-0.4, -0.2) is 87.4 Å². The fourth-order valence-electron chi connectivity index (χ4n) is 7.12. The molecule has 3 aromatic carbocycles. The normalized spacial score (nSPS) is 18.9. The van der Waals surface area contributed by atoms with Crippen molar-refractivity contribution >= 4 is 35.3 Å². The van der Waals surface area contributed by atoms with Gasteiger partial charge in [-0.2, -0.15) is 0 Å². The molecule has 252 valence electrons. The maximum absolute atomic E-state index is 14.7. The number of piperazine rings is 1. The first kappa shape index (κ1) is 33.4. The fraction of sp³-hybridized carbons (Fsp3) is 0.395. The summed E-state index contributed by atoms with van der Waals surface area (Å²) < 4.78 is 6.20. The van der Waals surface area contributed by atoms with Crippen molar-refractivity contribution in [2.45, 2.75) is 71.0 Å². The van der Waals surface area contributed by atoms with E-state index in [0.717, 1.165) is 52.0 Å². The molecule has 2 heterocycles. The molecule has 1 saturated carbocycles. The number of hydrogen-bond acceptors (Lipinski definition) is 4. The lowest BCUT2D eigenvalue weighted by atomic mass is 9.81. The number of aryl methyl sites for hydroxylation is 2. The van der Waals surface area contributed by atoms with Crippen LogP contribution in [0.5, 0.6) is 5.75 Å². The van der Waals surface area contributed by atoms with Crippen molar-refractivity contribution in [3.8, 4) is 5.75 Å². The molecule has 1 aliphatic carbocycles. The number of nitrogens with zero attached hydrogens (tertiary/aromatic N) is 3. The van der Waals surface area contributed by atoms with E-state index in [2.05, 4.69) is 26.0 Å². The molecule has 1 saturated heterocycles. The smallest absolute Gasteiger partial charge is 0.408 e. The molecule has 0 aromatic heterocycles. The van der Waals surface area contributed by atoms with Crippen LogP contribution in [0.4, 0.5) is 9.59 Å². The van der Waals surface area contributed by atoms with Gasteiger partial charge in [-0.25, -0.2) is 9.59 Å². The number of carbonyl (C=O) groups excluding carboxylic acids is 1. The highest BCUT2D eigenvalue weighted by atomic mass is 35.5. The van der Waals surface area contributed by atoms with Crippen molar-refractivity contribution < 1.29 is 29.3 Å². The average molecular weight is 672 g/mol. The quantitative estimate of drug-likeness (QED) is 0.241. The van der Waals surface area contributed by atoms with Crippen LogP contribution in [0.2, 0.25) is 5.02 Å². The summed E-state index contributed by atoms with van der Waals surface area (Å²) in [6.45, 7) is 7.08. The highest BCUT2D eigenvalue weighted by molar-refractivity contribution is 6.31. The van der Waals surface area contributed by atoms with Gasteiger partial charge < -0.3 is 24.7 Å². The number of amides is 3. The Hall–Kier alpha value is -4.50. The molecule has 3 aromatic rings. The molecule has 9 nitrogen and oxygen atoms in total. The topological polar surface area (TPSA) is 111 Å². The summed E-state index contributed by atoms with van der Waals surface area (Å²) in [5.74, 6) is 0.685. The van der Waals surface area contributed by atoms with Crippen LogP contribution in [-0.2, 0) is 17.6 Å². The van der Waals surface area contributed by atoms with Gasteiger partial charge in [0, 0.05) is 42.7 Å². The van der Waals surface area contributed by atoms with Gasteiger partial charge in [-0.05, 0) is 91.5 Å². The minimum Gasteiger partial charge on any atom is -0.493 e. The molecular weight excluding hydrogens is 630 g/mol. The van der Waals surface area contributed by atoms with Crippen LogP contribution < -0.4 is 4.74 Å².